The molecule has 0 aromatic heterocycles. The number of alkyl halides is 3. The van der Waals surface area contributed by atoms with E-state index in [1.165, 1.54) is 24.1 Å². The zero-order valence-corrected chi connectivity index (χ0v) is 14.7. The molecule has 4 rings (SSSR count). The number of hydrogen-bond donors (Lipinski definition) is 1. The van der Waals surface area contributed by atoms with Gasteiger partial charge in [0.1, 0.15) is 4.75 Å². The fourth-order valence-corrected chi connectivity index (χ4v) is 5.95. The number of amides is 1. The van der Waals surface area contributed by atoms with Crippen LogP contribution >= 0.6 is 11.9 Å². The Labute approximate surface area is 152 Å². The smallest absolute Gasteiger partial charge is 0.372 e. The van der Waals surface area contributed by atoms with Gasteiger partial charge in [-0.2, -0.15) is 18.4 Å². The highest BCUT2D eigenvalue weighted by Gasteiger charge is 2.68. The van der Waals surface area contributed by atoms with Gasteiger partial charge in [0.2, 0.25) is 5.91 Å². The number of anilines is 1. The molecule has 5 nitrogen and oxygen atoms in total. The number of carbonyl (C=O) groups is 1. The van der Waals surface area contributed by atoms with E-state index in [4.69, 9.17) is 10.00 Å². The van der Waals surface area contributed by atoms with Crippen molar-refractivity contribution in [2.75, 3.05) is 17.9 Å². The molecule has 26 heavy (non-hydrogen) atoms. The van der Waals surface area contributed by atoms with Crippen molar-refractivity contribution in [1.82, 2.24) is 5.32 Å². The topological polar surface area (TPSA) is 65.4 Å². The van der Waals surface area contributed by atoms with E-state index < -0.39 is 22.1 Å². The zero-order chi connectivity index (χ0) is 18.7. The Balaban J connectivity index is 1.71. The molecule has 1 aromatic rings. The number of halogens is 3. The lowest BCUT2D eigenvalue weighted by atomic mass is 9.78. The highest BCUT2D eigenvalue weighted by Crippen LogP contribution is 2.59. The molecule has 4 atom stereocenters. The van der Waals surface area contributed by atoms with Crippen molar-refractivity contribution >= 4 is 23.5 Å². The Morgan fingerprint density at radius 1 is 1.46 bits per heavy atom. The standard InChI is InChI=1S/C17H16F3N3O2S/c1-22-15(24)16-12(13-4-5-14(16)25-13)8-23(26-16)10-3-2-9(7-21)11(6-10)17(18,19)20/h2-3,6,12-14H,4-5,8H2,1H3,(H,22,24)/t12-,13+,14-,16-/m1/s1. The molecule has 3 aliphatic heterocycles. The summed E-state index contributed by atoms with van der Waals surface area (Å²) in [7, 11) is 1.56. The van der Waals surface area contributed by atoms with Crippen LogP contribution in [0.5, 0.6) is 0 Å². The minimum Gasteiger partial charge on any atom is -0.372 e. The Kier molecular flexibility index (Phi) is 3.90. The number of nitrogens with zero attached hydrogens (tertiary/aromatic N) is 2. The summed E-state index contributed by atoms with van der Waals surface area (Å²) in [6, 6.07) is 5.27. The molecule has 0 spiro atoms. The SMILES string of the molecule is CNC(=O)[C@@]12SN(c3ccc(C#N)c(C(F)(F)F)c3)C[C@@H]1[C@@H]1CC[C@H]2O1. The van der Waals surface area contributed by atoms with E-state index in [2.05, 4.69) is 5.32 Å². The molecule has 0 aliphatic carbocycles. The third kappa shape index (κ3) is 2.32. The maximum Gasteiger partial charge on any atom is 0.417 e. The molecule has 3 aliphatic rings. The van der Waals surface area contributed by atoms with Gasteiger partial charge in [0.15, 0.2) is 0 Å². The summed E-state index contributed by atoms with van der Waals surface area (Å²) in [6.45, 7) is 0.433. The largest absolute Gasteiger partial charge is 0.417 e. The predicted octanol–water partition coefficient (Wildman–Crippen LogP) is 2.71. The second-order valence-corrected chi connectivity index (χ2v) is 8.01. The quantitative estimate of drug-likeness (QED) is 0.796. The number of rotatable bonds is 2. The van der Waals surface area contributed by atoms with Gasteiger partial charge in [0, 0.05) is 25.2 Å². The number of nitriles is 1. The molecule has 1 aromatic carbocycles. The number of ether oxygens (including phenoxy) is 1. The maximum atomic E-state index is 13.3. The van der Waals surface area contributed by atoms with E-state index in [0.29, 0.717) is 12.2 Å². The van der Waals surface area contributed by atoms with Crippen molar-refractivity contribution in [2.24, 2.45) is 5.92 Å². The van der Waals surface area contributed by atoms with Crippen LogP contribution in [0.1, 0.15) is 24.0 Å². The molecule has 9 heteroatoms. The van der Waals surface area contributed by atoms with Gasteiger partial charge in [-0.05, 0) is 43.0 Å². The monoisotopic (exact) mass is 383 g/mol. The van der Waals surface area contributed by atoms with Gasteiger partial charge in [-0.3, -0.25) is 4.79 Å². The van der Waals surface area contributed by atoms with Gasteiger partial charge in [-0.15, -0.1) is 0 Å². The van der Waals surface area contributed by atoms with E-state index in [-0.39, 0.29) is 24.0 Å². The van der Waals surface area contributed by atoms with Crippen LogP contribution in [0.15, 0.2) is 18.2 Å². The Bertz CT molecular complexity index is 809. The van der Waals surface area contributed by atoms with E-state index in [1.54, 1.807) is 17.4 Å². The zero-order valence-electron chi connectivity index (χ0n) is 13.8. The van der Waals surface area contributed by atoms with Crippen LogP contribution in [0.4, 0.5) is 18.9 Å². The summed E-state index contributed by atoms with van der Waals surface area (Å²) >= 11 is 1.26. The minimum absolute atomic E-state index is 0.0460. The lowest BCUT2D eigenvalue weighted by Gasteiger charge is -2.32. The molecule has 3 heterocycles. The van der Waals surface area contributed by atoms with Gasteiger partial charge in [0.05, 0.1) is 29.4 Å². The first kappa shape index (κ1) is 17.5. The van der Waals surface area contributed by atoms with Gasteiger partial charge < -0.3 is 14.4 Å². The molecule has 3 saturated heterocycles. The number of carbonyl (C=O) groups excluding carboxylic acids is 1. The average molecular weight is 383 g/mol. The number of fused-ring (bicyclic) bond motifs is 5. The van der Waals surface area contributed by atoms with Gasteiger partial charge in [0.25, 0.3) is 0 Å². The van der Waals surface area contributed by atoms with Crippen LogP contribution in [0, 0.1) is 17.2 Å². The van der Waals surface area contributed by atoms with Crippen LogP contribution in [0.25, 0.3) is 0 Å². The molecule has 0 radical (unpaired) electrons. The normalized spacial score (nSPS) is 32.4. The number of benzene rings is 1. The summed E-state index contributed by atoms with van der Waals surface area (Å²) in [5, 5.41) is 11.6. The fraction of sp³-hybridized carbons (Fsp3) is 0.529. The van der Waals surface area contributed by atoms with Crippen molar-refractivity contribution in [3.05, 3.63) is 29.3 Å². The third-order valence-electron chi connectivity index (χ3n) is 5.45. The molecule has 0 saturated carbocycles. The highest BCUT2D eigenvalue weighted by atomic mass is 32.2. The van der Waals surface area contributed by atoms with Gasteiger partial charge in [-0.1, -0.05) is 0 Å². The van der Waals surface area contributed by atoms with Crippen LogP contribution in [0.2, 0.25) is 0 Å². The lowest BCUT2D eigenvalue weighted by Crippen LogP contribution is -2.53. The van der Waals surface area contributed by atoms with Crippen molar-refractivity contribution in [3.8, 4) is 6.07 Å². The first-order valence-electron chi connectivity index (χ1n) is 8.27. The van der Waals surface area contributed by atoms with Gasteiger partial charge in [-0.25, -0.2) is 0 Å². The predicted molar refractivity (Wildman–Crippen MR) is 89.3 cm³/mol. The van der Waals surface area contributed by atoms with E-state index in [0.717, 1.165) is 18.9 Å². The molecule has 2 bridgehead atoms. The molecule has 138 valence electrons. The Morgan fingerprint density at radius 2 is 2.23 bits per heavy atom. The molecular formula is C17H16F3N3O2S. The summed E-state index contributed by atoms with van der Waals surface area (Å²) < 4.78 is 46.7. The second-order valence-electron chi connectivity index (χ2n) is 6.71. The van der Waals surface area contributed by atoms with Crippen LogP contribution in [-0.2, 0) is 15.7 Å². The maximum absolute atomic E-state index is 13.3. The average Bonchev–Trinajstić information content (AvgIpc) is 3.30. The van der Waals surface area contributed by atoms with Crippen molar-refractivity contribution < 1.29 is 22.7 Å². The highest BCUT2D eigenvalue weighted by molar-refractivity contribution is 8.03. The van der Waals surface area contributed by atoms with Crippen molar-refractivity contribution in [2.45, 2.75) is 36.0 Å². The number of hydrogen-bond acceptors (Lipinski definition) is 5. The first-order valence-corrected chi connectivity index (χ1v) is 9.04. The summed E-state index contributed by atoms with van der Waals surface area (Å²) in [5.74, 6) is -0.219. The van der Waals surface area contributed by atoms with Crippen molar-refractivity contribution in [3.63, 3.8) is 0 Å². The van der Waals surface area contributed by atoms with Crippen molar-refractivity contribution in [1.29, 1.82) is 5.26 Å². The van der Waals surface area contributed by atoms with Gasteiger partial charge >= 0.3 is 6.18 Å². The molecule has 1 N–H and O–H groups in total. The van der Waals surface area contributed by atoms with Crippen LogP contribution < -0.4 is 9.62 Å². The summed E-state index contributed by atoms with van der Waals surface area (Å²) in [5.41, 5.74) is -1.02. The molecular weight excluding hydrogens is 367 g/mol. The first-order chi connectivity index (χ1) is 12.3. The third-order valence-corrected chi connectivity index (χ3v) is 7.09. The van der Waals surface area contributed by atoms with E-state index in [1.807, 2.05) is 0 Å². The number of nitrogens with one attached hydrogen (secondary N) is 1. The fourth-order valence-electron chi connectivity index (χ4n) is 4.30. The van der Waals surface area contributed by atoms with Crippen LogP contribution in [-0.4, -0.2) is 36.5 Å². The molecule has 0 unspecified atom stereocenters. The summed E-state index contributed by atoms with van der Waals surface area (Å²) in [4.78, 5) is 12.6. The molecule has 3 fully saturated rings. The summed E-state index contributed by atoms with van der Waals surface area (Å²) in [6.07, 6.45) is -3.24. The van der Waals surface area contributed by atoms with Crippen LogP contribution in [0.3, 0.4) is 0 Å². The lowest BCUT2D eigenvalue weighted by molar-refractivity contribution is -0.137. The minimum atomic E-state index is -4.61. The van der Waals surface area contributed by atoms with E-state index >= 15 is 0 Å². The van der Waals surface area contributed by atoms with E-state index in [9.17, 15) is 18.0 Å². The Hall–Kier alpha value is -1.92. The Morgan fingerprint density at radius 3 is 2.88 bits per heavy atom. The molecule has 1 amide bonds. The second kappa shape index (κ2) is 5.79.